The van der Waals surface area contributed by atoms with E-state index in [1.54, 1.807) is 7.11 Å². The van der Waals surface area contributed by atoms with Crippen molar-refractivity contribution in [1.29, 1.82) is 0 Å². The molecule has 1 aliphatic heterocycles. The molecule has 1 aliphatic rings. The van der Waals surface area contributed by atoms with Crippen LogP contribution in [0.4, 0.5) is 0 Å². The van der Waals surface area contributed by atoms with E-state index in [-0.39, 0.29) is 0 Å². The number of methoxy groups -OCH3 is 1. The molecule has 3 heteroatoms. The van der Waals surface area contributed by atoms with E-state index in [4.69, 9.17) is 16.3 Å². The summed E-state index contributed by atoms with van der Waals surface area (Å²) in [7, 11) is 1.70. The van der Waals surface area contributed by atoms with Crippen LogP contribution in [-0.4, -0.2) is 31.0 Å². The number of hydrogen-bond acceptors (Lipinski definition) is 2. The first-order valence-corrected chi connectivity index (χ1v) is 6.82. The molecule has 94 valence electrons. The molecule has 2 rings (SSSR count). The molecule has 0 spiro atoms. The minimum Gasteiger partial charge on any atom is -0.497 e. The Morgan fingerprint density at radius 3 is 2.71 bits per heavy atom. The standard InChI is InChI=1S/C14H20ClNO/c1-17-13-7-5-6-12(10-13)14(11-15)16-8-3-2-4-9-16/h5-7,10,14H,2-4,8-9,11H2,1H3. The Morgan fingerprint density at radius 1 is 1.29 bits per heavy atom. The maximum Gasteiger partial charge on any atom is 0.119 e. The summed E-state index contributed by atoms with van der Waals surface area (Å²) < 4.78 is 5.28. The number of piperidine rings is 1. The van der Waals surface area contributed by atoms with Gasteiger partial charge in [-0.15, -0.1) is 11.6 Å². The maximum atomic E-state index is 6.15. The van der Waals surface area contributed by atoms with Crippen LogP contribution in [0.2, 0.25) is 0 Å². The zero-order valence-corrected chi connectivity index (χ0v) is 11.1. The summed E-state index contributed by atoms with van der Waals surface area (Å²) in [4.78, 5) is 2.49. The van der Waals surface area contributed by atoms with E-state index < -0.39 is 0 Å². The molecule has 0 saturated carbocycles. The molecule has 1 unspecified atom stereocenters. The molecular weight excluding hydrogens is 234 g/mol. The summed E-state index contributed by atoms with van der Waals surface area (Å²) in [6.07, 6.45) is 3.93. The molecule has 0 aliphatic carbocycles. The van der Waals surface area contributed by atoms with Gasteiger partial charge in [0.2, 0.25) is 0 Å². The first-order chi connectivity index (χ1) is 8.35. The molecule has 1 fully saturated rings. The maximum absolute atomic E-state index is 6.15. The highest BCUT2D eigenvalue weighted by Crippen LogP contribution is 2.27. The van der Waals surface area contributed by atoms with Crippen molar-refractivity contribution in [3.63, 3.8) is 0 Å². The van der Waals surface area contributed by atoms with Crippen molar-refractivity contribution in [3.05, 3.63) is 29.8 Å². The third kappa shape index (κ3) is 3.14. The highest BCUT2D eigenvalue weighted by atomic mass is 35.5. The molecule has 0 N–H and O–H groups in total. The van der Waals surface area contributed by atoms with E-state index in [0.29, 0.717) is 11.9 Å². The van der Waals surface area contributed by atoms with E-state index in [2.05, 4.69) is 17.0 Å². The fourth-order valence-electron chi connectivity index (χ4n) is 2.48. The minimum absolute atomic E-state index is 0.326. The van der Waals surface area contributed by atoms with Gasteiger partial charge in [-0.05, 0) is 43.6 Å². The Kier molecular flexibility index (Phi) is 4.69. The van der Waals surface area contributed by atoms with Crippen LogP contribution in [0.25, 0.3) is 0 Å². The van der Waals surface area contributed by atoms with Gasteiger partial charge in [0.25, 0.3) is 0 Å². The normalized spacial score (nSPS) is 18.9. The third-order valence-electron chi connectivity index (χ3n) is 3.46. The second-order valence-electron chi connectivity index (χ2n) is 4.54. The lowest BCUT2D eigenvalue weighted by Crippen LogP contribution is -2.34. The number of alkyl halides is 1. The van der Waals surface area contributed by atoms with Gasteiger partial charge < -0.3 is 4.74 Å². The first-order valence-electron chi connectivity index (χ1n) is 6.29. The molecule has 0 aromatic heterocycles. The molecule has 1 aromatic carbocycles. The summed E-state index contributed by atoms with van der Waals surface area (Å²) >= 11 is 6.15. The van der Waals surface area contributed by atoms with Gasteiger partial charge in [0.15, 0.2) is 0 Å². The van der Waals surface area contributed by atoms with E-state index in [0.717, 1.165) is 18.8 Å². The van der Waals surface area contributed by atoms with Crippen LogP contribution in [0.3, 0.4) is 0 Å². The monoisotopic (exact) mass is 253 g/mol. The summed E-state index contributed by atoms with van der Waals surface area (Å²) in [5.41, 5.74) is 1.27. The summed E-state index contributed by atoms with van der Waals surface area (Å²) in [5, 5.41) is 0. The second kappa shape index (κ2) is 6.27. The van der Waals surface area contributed by atoms with Gasteiger partial charge in [-0.2, -0.15) is 0 Å². The predicted octanol–water partition coefficient (Wildman–Crippen LogP) is 3.46. The number of benzene rings is 1. The molecule has 1 aromatic rings. The molecule has 2 nitrogen and oxygen atoms in total. The number of ether oxygens (including phenoxy) is 1. The van der Waals surface area contributed by atoms with Gasteiger partial charge in [-0.3, -0.25) is 4.90 Å². The fourth-order valence-corrected chi connectivity index (χ4v) is 2.85. The molecule has 1 atom stereocenters. The lowest BCUT2D eigenvalue weighted by Gasteiger charge is -2.33. The van der Waals surface area contributed by atoms with Crippen molar-refractivity contribution in [2.45, 2.75) is 25.3 Å². The smallest absolute Gasteiger partial charge is 0.119 e. The Bertz CT molecular complexity index is 350. The number of halogens is 1. The zero-order valence-electron chi connectivity index (χ0n) is 10.4. The summed E-state index contributed by atoms with van der Waals surface area (Å²) in [6, 6.07) is 8.58. The highest BCUT2D eigenvalue weighted by molar-refractivity contribution is 6.18. The van der Waals surface area contributed by atoms with Crippen LogP contribution in [0.5, 0.6) is 5.75 Å². The van der Waals surface area contributed by atoms with Crippen molar-refractivity contribution in [1.82, 2.24) is 4.90 Å². The SMILES string of the molecule is COc1cccc(C(CCl)N2CCCCC2)c1. The summed E-state index contributed by atoms with van der Waals surface area (Å²) in [6.45, 7) is 2.32. The Hall–Kier alpha value is -0.730. The molecule has 0 amide bonds. The Morgan fingerprint density at radius 2 is 2.06 bits per heavy atom. The second-order valence-corrected chi connectivity index (χ2v) is 4.85. The lowest BCUT2D eigenvalue weighted by molar-refractivity contribution is 0.176. The number of nitrogens with zero attached hydrogens (tertiary/aromatic N) is 1. The highest BCUT2D eigenvalue weighted by Gasteiger charge is 2.21. The Labute approximate surface area is 109 Å². The molecule has 1 heterocycles. The van der Waals surface area contributed by atoms with E-state index in [9.17, 15) is 0 Å². The van der Waals surface area contributed by atoms with Gasteiger partial charge in [0, 0.05) is 11.9 Å². The van der Waals surface area contributed by atoms with Crippen LogP contribution in [0, 0.1) is 0 Å². The minimum atomic E-state index is 0.326. The molecular formula is C14H20ClNO. The van der Waals surface area contributed by atoms with Crippen molar-refractivity contribution in [3.8, 4) is 5.75 Å². The van der Waals surface area contributed by atoms with Crippen LogP contribution in [0.15, 0.2) is 24.3 Å². The average Bonchev–Trinajstić information content (AvgIpc) is 2.41. The van der Waals surface area contributed by atoms with E-state index in [1.807, 2.05) is 12.1 Å². The molecule has 0 radical (unpaired) electrons. The van der Waals surface area contributed by atoms with E-state index >= 15 is 0 Å². The van der Waals surface area contributed by atoms with Gasteiger partial charge in [0.05, 0.1) is 7.11 Å². The van der Waals surface area contributed by atoms with Gasteiger partial charge in [-0.1, -0.05) is 18.6 Å². The molecule has 1 saturated heterocycles. The van der Waals surface area contributed by atoms with Crippen LogP contribution in [0.1, 0.15) is 30.9 Å². The molecule has 17 heavy (non-hydrogen) atoms. The number of likely N-dealkylation sites (tertiary alicyclic amines) is 1. The molecule has 0 bridgehead atoms. The quantitative estimate of drug-likeness (QED) is 0.762. The predicted molar refractivity (Wildman–Crippen MR) is 71.9 cm³/mol. The van der Waals surface area contributed by atoms with Gasteiger partial charge >= 0.3 is 0 Å². The fraction of sp³-hybridized carbons (Fsp3) is 0.571. The van der Waals surface area contributed by atoms with Crippen LogP contribution < -0.4 is 4.74 Å². The van der Waals surface area contributed by atoms with Crippen LogP contribution in [-0.2, 0) is 0 Å². The average molecular weight is 254 g/mol. The largest absolute Gasteiger partial charge is 0.497 e. The topological polar surface area (TPSA) is 12.5 Å². The van der Waals surface area contributed by atoms with Crippen LogP contribution >= 0.6 is 11.6 Å². The number of rotatable bonds is 4. The van der Waals surface area contributed by atoms with Crippen molar-refractivity contribution < 1.29 is 4.74 Å². The van der Waals surface area contributed by atoms with Gasteiger partial charge in [-0.25, -0.2) is 0 Å². The van der Waals surface area contributed by atoms with Crippen molar-refractivity contribution >= 4 is 11.6 Å². The number of hydrogen-bond donors (Lipinski definition) is 0. The van der Waals surface area contributed by atoms with Crippen molar-refractivity contribution in [2.75, 3.05) is 26.1 Å². The zero-order chi connectivity index (χ0) is 12.1. The van der Waals surface area contributed by atoms with Gasteiger partial charge in [0.1, 0.15) is 5.75 Å². The summed E-state index contributed by atoms with van der Waals surface area (Å²) in [5.74, 6) is 1.56. The Balaban J connectivity index is 2.15. The third-order valence-corrected chi connectivity index (χ3v) is 3.75. The first kappa shape index (κ1) is 12.7. The van der Waals surface area contributed by atoms with E-state index in [1.165, 1.54) is 24.8 Å². The van der Waals surface area contributed by atoms with Crippen molar-refractivity contribution in [2.24, 2.45) is 0 Å². The lowest BCUT2D eigenvalue weighted by atomic mass is 10.0.